The molecule has 5 nitrogen and oxygen atoms in total. The van der Waals surface area contributed by atoms with Crippen LogP contribution in [0, 0.1) is 10.8 Å². The highest BCUT2D eigenvalue weighted by Gasteiger charge is 2.42. The fourth-order valence-electron chi connectivity index (χ4n) is 2.88. The number of hydrogen-bond donors (Lipinski definition) is 0. The summed E-state index contributed by atoms with van der Waals surface area (Å²) in [6.07, 6.45) is 2.79. The first-order valence-electron chi connectivity index (χ1n) is 9.77. The third-order valence-electron chi connectivity index (χ3n) is 4.72. The second-order valence-corrected chi connectivity index (χ2v) is 7.76. The van der Waals surface area contributed by atoms with Gasteiger partial charge in [0, 0.05) is 0 Å². The van der Waals surface area contributed by atoms with Crippen LogP contribution in [-0.4, -0.2) is 31.8 Å². The Morgan fingerprint density at radius 3 is 2.11 bits per heavy atom. The summed E-state index contributed by atoms with van der Waals surface area (Å²) >= 11 is 0. The van der Waals surface area contributed by atoms with E-state index in [1.807, 2.05) is 51.1 Å². The molecule has 0 aliphatic carbocycles. The van der Waals surface area contributed by atoms with Gasteiger partial charge in [-0.15, -0.1) is 0 Å². The number of esters is 2. The Hall–Kier alpha value is -2.04. The van der Waals surface area contributed by atoms with Gasteiger partial charge in [-0.3, -0.25) is 9.59 Å². The normalized spacial score (nSPS) is 13.5. The lowest BCUT2D eigenvalue weighted by Gasteiger charge is -2.33. The van der Waals surface area contributed by atoms with Crippen molar-refractivity contribution in [1.82, 2.24) is 0 Å². The van der Waals surface area contributed by atoms with Crippen molar-refractivity contribution in [2.75, 3.05) is 19.8 Å². The smallest absolute Gasteiger partial charge is 0.311 e. The molecule has 5 heteroatoms. The van der Waals surface area contributed by atoms with Gasteiger partial charge in [-0.05, 0) is 52.2 Å². The Bertz CT molecular complexity index is 582. The van der Waals surface area contributed by atoms with E-state index in [4.69, 9.17) is 14.2 Å². The standard InChI is InChI=1S/C22H34O5/c1-6-8-14-26-20(24)22(5,7-2)17-21(3,4)19(23)27-16-15-25-18-12-10-9-11-13-18/h9-13H,6-8,14-17H2,1-5H3. The number of carbonyl (C=O) groups excluding carboxylic acids is 2. The van der Waals surface area contributed by atoms with Crippen LogP contribution in [0.3, 0.4) is 0 Å². The molecule has 1 unspecified atom stereocenters. The first kappa shape index (κ1) is 23.0. The average molecular weight is 379 g/mol. The van der Waals surface area contributed by atoms with E-state index < -0.39 is 10.8 Å². The highest BCUT2D eigenvalue weighted by Crippen LogP contribution is 2.38. The summed E-state index contributed by atoms with van der Waals surface area (Å²) in [5.41, 5.74) is -1.50. The second-order valence-electron chi connectivity index (χ2n) is 7.76. The van der Waals surface area contributed by atoms with Crippen molar-refractivity contribution >= 4 is 11.9 Å². The minimum Gasteiger partial charge on any atom is -0.490 e. The number of rotatable bonds is 12. The van der Waals surface area contributed by atoms with Crippen LogP contribution >= 0.6 is 0 Å². The minimum absolute atomic E-state index is 0.168. The maximum atomic E-state index is 12.5. The molecule has 0 aliphatic heterocycles. The van der Waals surface area contributed by atoms with E-state index in [-0.39, 0.29) is 25.2 Å². The van der Waals surface area contributed by atoms with E-state index in [1.165, 1.54) is 0 Å². The molecule has 0 heterocycles. The molecule has 0 amide bonds. The van der Waals surface area contributed by atoms with Crippen molar-refractivity contribution in [1.29, 1.82) is 0 Å². The third-order valence-corrected chi connectivity index (χ3v) is 4.72. The largest absolute Gasteiger partial charge is 0.490 e. The summed E-state index contributed by atoms with van der Waals surface area (Å²) in [7, 11) is 0. The lowest BCUT2D eigenvalue weighted by atomic mass is 9.72. The molecule has 1 atom stereocenters. The molecule has 152 valence electrons. The SMILES string of the molecule is CCCCOC(=O)C(C)(CC)CC(C)(C)C(=O)OCCOc1ccccc1. The van der Waals surface area contributed by atoms with Crippen LogP contribution < -0.4 is 4.74 Å². The number of para-hydroxylation sites is 1. The quantitative estimate of drug-likeness (QED) is 0.387. The molecule has 0 aliphatic rings. The summed E-state index contributed by atoms with van der Waals surface area (Å²) < 4.78 is 16.3. The van der Waals surface area contributed by atoms with E-state index in [9.17, 15) is 9.59 Å². The molecule has 0 bridgehead atoms. The van der Waals surface area contributed by atoms with E-state index in [1.54, 1.807) is 13.8 Å². The van der Waals surface area contributed by atoms with Crippen LogP contribution in [0.15, 0.2) is 30.3 Å². The van der Waals surface area contributed by atoms with Gasteiger partial charge in [-0.1, -0.05) is 38.5 Å². The van der Waals surface area contributed by atoms with Crippen LogP contribution in [0.5, 0.6) is 5.75 Å². The Kier molecular flexibility index (Phi) is 9.33. The van der Waals surface area contributed by atoms with Gasteiger partial charge in [0.2, 0.25) is 0 Å². The van der Waals surface area contributed by atoms with Gasteiger partial charge in [-0.25, -0.2) is 0 Å². The highest BCUT2D eigenvalue weighted by atomic mass is 16.6. The molecule has 27 heavy (non-hydrogen) atoms. The Morgan fingerprint density at radius 2 is 1.52 bits per heavy atom. The summed E-state index contributed by atoms with van der Waals surface area (Å²) in [5.74, 6) is 0.160. The molecule has 0 spiro atoms. The zero-order chi connectivity index (χ0) is 20.3. The van der Waals surface area contributed by atoms with Gasteiger partial charge >= 0.3 is 11.9 Å². The zero-order valence-corrected chi connectivity index (χ0v) is 17.4. The van der Waals surface area contributed by atoms with Crippen LogP contribution in [0.25, 0.3) is 0 Å². The van der Waals surface area contributed by atoms with Crippen LogP contribution in [0.2, 0.25) is 0 Å². The maximum Gasteiger partial charge on any atom is 0.311 e. The summed E-state index contributed by atoms with van der Waals surface area (Å²) in [6.45, 7) is 10.3. The molecule has 0 radical (unpaired) electrons. The van der Waals surface area contributed by atoms with Gasteiger partial charge in [-0.2, -0.15) is 0 Å². The van der Waals surface area contributed by atoms with E-state index >= 15 is 0 Å². The molecule has 0 saturated carbocycles. The van der Waals surface area contributed by atoms with Gasteiger partial charge < -0.3 is 14.2 Å². The topological polar surface area (TPSA) is 61.8 Å². The van der Waals surface area contributed by atoms with Gasteiger partial charge in [0.1, 0.15) is 19.0 Å². The molecule has 1 aromatic carbocycles. The van der Waals surface area contributed by atoms with Crippen LogP contribution in [-0.2, 0) is 19.1 Å². The fraction of sp³-hybridized carbons (Fsp3) is 0.636. The van der Waals surface area contributed by atoms with E-state index in [2.05, 4.69) is 0 Å². The number of unbranched alkanes of at least 4 members (excludes halogenated alkanes) is 1. The van der Waals surface area contributed by atoms with Gasteiger partial charge in [0.25, 0.3) is 0 Å². The predicted molar refractivity (Wildman–Crippen MR) is 106 cm³/mol. The summed E-state index contributed by atoms with van der Waals surface area (Å²) in [6, 6.07) is 9.38. The molecule has 0 aromatic heterocycles. The first-order valence-corrected chi connectivity index (χ1v) is 9.77. The molecular formula is C22H34O5. The van der Waals surface area contributed by atoms with Gasteiger partial charge in [0.15, 0.2) is 0 Å². The van der Waals surface area contributed by atoms with Gasteiger partial charge in [0.05, 0.1) is 17.4 Å². The molecule has 1 rings (SSSR count). The summed E-state index contributed by atoms with van der Waals surface area (Å²) in [4.78, 5) is 25.0. The van der Waals surface area contributed by atoms with Crippen molar-refractivity contribution in [2.24, 2.45) is 10.8 Å². The third kappa shape index (κ3) is 7.61. The first-order chi connectivity index (χ1) is 12.7. The Labute approximate surface area is 163 Å². The molecule has 0 N–H and O–H groups in total. The number of carbonyl (C=O) groups is 2. The molecule has 0 saturated heterocycles. The average Bonchev–Trinajstić information content (AvgIpc) is 2.65. The van der Waals surface area contributed by atoms with Crippen molar-refractivity contribution in [3.63, 3.8) is 0 Å². The minimum atomic E-state index is -0.790. The van der Waals surface area contributed by atoms with Crippen LogP contribution in [0.4, 0.5) is 0 Å². The van der Waals surface area contributed by atoms with Crippen molar-refractivity contribution in [3.8, 4) is 5.75 Å². The maximum absolute atomic E-state index is 12.5. The fourth-order valence-corrected chi connectivity index (χ4v) is 2.88. The number of benzene rings is 1. The molecule has 1 aromatic rings. The lowest BCUT2D eigenvalue weighted by Crippen LogP contribution is -2.39. The Morgan fingerprint density at radius 1 is 0.889 bits per heavy atom. The van der Waals surface area contributed by atoms with E-state index in [0.717, 1.165) is 18.6 Å². The lowest BCUT2D eigenvalue weighted by molar-refractivity contribution is -0.163. The molecule has 0 fully saturated rings. The highest BCUT2D eigenvalue weighted by molar-refractivity contribution is 5.80. The zero-order valence-electron chi connectivity index (χ0n) is 17.4. The predicted octanol–water partition coefficient (Wildman–Crippen LogP) is 4.78. The second kappa shape index (κ2) is 11.0. The van der Waals surface area contributed by atoms with Crippen LogP contribution in [0.1, 0.15) is 60.3 Å². The monoisotopic (exact) mass is 378 g/mol. The van der Waals surface area contributed by atoms with Crippen molar-refractivity contribution < 1.29 is 23.8 Å². The molecular weight excluding hydrogens is 344 g/mol. The Balaban J connectivity index is 2.52. The van der Waals surface area contributed by atoms with E-state index in [0.29, 0.717) is 19.4 Å². The number of ether oxygens (including phenoxy) is 3. The van der Waals surface area contributed by atoms with Crippen molar-refractivity contribution in [3.05, 3.63) is 30.3 Å². The van der Waals surface area contributed by atoms with Crippen molar-refractivity contribution in [2.45, 2.75) is 60.3 Å². The number of hydrogen-bond acceptors (Lipinski definition) is 5. The summed E-state index contributed by atoms with van der Waals surface area (Å²) in [5, 5.41) is 0.